The predicted molar refractivity (Wildman–Crippen MR) is 63.8 cm³/mol. The Balaban J connectivity index is 2.28. The van der Waals surface area contributed by atoms with E-state index in [-0.39, 0.29) is 19.3 Å². The van der Waals surface area contributed by atoms with E-state index in [1.807, 2.05) is 6.92 Å². The van der Waals surface area contributed by atoms with Crippen molar-refractivity contribution in [2.45, 2.75) is 13.0 Å². The van der Waals surface area contributed by atoms with Gasteiger partial charge in [-0.3, -0.25) is 0 Å². The highest BCUT2D eigenvalue weighted by Gasteiger charge is 2.07. The van der Waals surface area contributed by atoms with Crippen LogP contribution in [0.25, 0.3) is 0 Å². The van der Waals surface area contributed by atoms with Crippen LogP contribution in [0, 0.1) is 0 Å². The molecule has 1 aromatic rings. The van der Waals surface area contributed by atoms with Gasteiger partial charge in [-0.15, -0.1) is 0 Å². The topological polar surface area (TPSA) is 70.8 Å². The van der Waals surface area contributed by atoms with Gasteiger partial charge in [-0.2, -0.15) is 0 Å². The third-order valence-corrected chi connectivity index (χ3v) is 2.10. The molecule has 0 radical (unpaired) electrons. The predicted octanol–water partition coefficient (Wildman–Crippen LogP) is 1.23. The first-order chi connectivity index (χ1) is 8.11. The van der Waals surface area contributed by atoms with Gasteiger partial charge in [0.1, 0.15) is 12.4 Å². The molecule has 0 saturated carbocycles. The molecule has 5 heteroatoms. The van der Waals surface area contributed by atoms with E-state index in [9.17, 15) is 4.79 Å². The molecule has 2 N–H and O–H groups in total. The largest absolute Gasteiger partial charge is 0.482 e. The second-order valence-corrected chi connectivity index (χ2v) is 3.59. The van der Waals surface area contributed by atoms with Crippen LogP contribution in [-0.4, -0.2) is 32.4 Å². The number of methoxy groups -OCH3 is 1. The second-order valence-electron chi connectivity index (χ2n) is 3.59. The summed E-state index contributed by atoms with van der Waals surface area (Å²) in [6.45, 7) is 1.89. The van der Waals surface area contributed by atoms with Crippen LogP contribution in [0.5, 0.6) is 5.75 Å². The maximum Gasteiger partial charge on any atom is 0.344 e. The molecule has 94 valence electrons. The monoisotopic (exact) mass is 239 g/mol. The summed E-state index contributed by atoms with van der Waals surface area (Å²) in [7, 11) is 1.56. The van der Waals surface area contributed by atoms with Gasteiger partial charge >= 0.3 is 5.97 Å². The fourth-order valence-corrected chi connectivity index (χ4v) is 1.07. The number of carbonyl (C=O) groups excluding carboxylic acids is 1. The van der Waals surface area contributed by atoms with Gasteiger partial charge in [-0.25, -0.2) is 4.79 Å². The standard InChI is InChI=1S/C12H17NO4/c1-9(15-2)7-17-12(14)8-16-11-5-3-4-10(13)6-11/h3-6,9H,7-8,13H2,1-2H3. The van der Waals surface area contributed by atoms with Crippen molar-refractivity contribution in [1.82, 2.24) is 0 Å². The molecule has 0 aliphatic rings. The molecule has 0 saturated heterocycles. The number of benzene rings is 1. The van der Waals surface area contributed by atoms with Gasteiger partial charge in [0.15, 0.2) is 6.61 Å². The minimum absolute atomic E-state index is 0.119. The number of esters is 1. The average Bonchev–Trinajstić information content (AvgIpc) is 2.33. The zero-order valence-corrected chi connectivity index (χ0v) is 10.0. The van der Waals surface area contributed by atoms with Crippen molar-refractivity contribution in [3.8, 4) is 5.75 Å². The van der Waals surface area contributed by atoms with E-state index in [2.05, 4.69) is 0 Å². The summed E-state index contributed by atoms with van der Waals surface area (Å²) in [4.78, 5) is 11.3. The SMILES string of the molecule is COC(C)COC(=O)COc1cccc(N)c1. The fraction of sp³-hybridized carbons (Fsp3) is 0.417. The van der Waals surface area contributed by atoms with Crippen molar-refractivity contribution in [2.75, 3.05) is 26.1 Å². The van der Waals surface area contributed by atoms with Crippen molar-refractivity contribution in [1.29, 1.82) is 0 Å². The molecule has 0 amide bonds. The number of carbonyl (C=O) groups is 1. The van der Waals surface area contributed by atoms with Crippen molar-refractivity contribution in [2.24, 2.45) is 0 Å². The maximum atomic E-state index is 11.3. The van der Waals surface area contributed by atoms with Gasteiger partial charge in [0.05, 0.1) is 6.10 Å². The van der Waals surface area contributed by atoms with Crippen LogP contribution in [0.2, 0.25) is 0 Å². The minimum Gasteiger partial charge on any atom is -0.482 e. The Hall–Kier alpha value is -1.75. The lowest BCUT2D eigenvalue weighted by molar-refractivity contribution is -0.149. The molecule has 0 aromatic heterocycles. The molecule has 5 nitrogen and oxygen atoms in total. The Morgan fingerprint density at radius 3 is 2.88 bits per heavy atom. The van der Waals surface area contributed by atoms with Gasteiger partial charge < -0.3 is 19.9 Å². The van der Waals surface area contributed by atoms with E-state index in [4.69, 9.17) is 19.9 Å². The quantitative estimate of drug-likeness (QED) is 0.597. The third kappa shape index (κ3) is 5.21. The molecule has 1 rings (SSSR count). The van der Waals surface area contributed by atoms with Crippen molar-refractivity contribution in [3.63, 3.8) is 0 Å². The van der Waals surface area contributed by atoms with Crippen molar-refractivity contribution < 1.29 is 19.0 Å². The van der Waals surface area contributed by atoms with Gasteiger partial charge in [0, 0.05) is 18.9 Å². The van der Waals surface area contributed by atoms with E-state index in [1.54, 1.807) is 31.4 Å². The zero-order chi connectivity index (χ0) is 12.7. The Morgan fingerprint density at radius 2 is 2.24 bits per heavy atom. The Kier molecular flexibility index (Phi) is 5.29. The maximum absolute atomic E-state index is 11.3. The van der Waals surface area contributed by atoms with Crippen LogP contribution in [0.3, 0.4) is 0 Å². The van der Waals surface area contributed by atoms with E-state index in [0.29, 0.717) is 11.4 Å². The molecule has 17 heavy (non-hydrogen) atoms. The molecule has 0 heterocycles. The summed E-state index contributed by atoms with van der Waals surface area (Å²) >= 11 is 0. The average molecular weight is 239 g/mol. The molecule has 0 bridgehead atoms. The molecule has 1 unspecified atom stereocenters. The molecular weight excluding hydrogens is 222 g/mol. The number of nitrogen functional groups attached to an aromatic ring is 1. The van der Waals surface area contributed by atoms with E-state index in [1.165, 1.54) is 0 Å². The van der Waals surface area contributed by atoms with Gasteiger partial charge in [0.25, 0.3) is 0 Å². The normalized spacial score (nSPS) is 11.9. The first-order valence-electron chi connectivity index (χ1n) is 5.28. The lowest BCUT2D eigenvalue weighted by Crippen LogP contribution is -2.21. The molecule has 1 aromatic carbocycles. The van der Waals surface area contributed by atoms with E-state index >= 15 is 0 Å². The van der Waals surface area contributed by atoms with Gasteiger partial charge in [-0.05, 0) is 19.1 Å². The summed E-state index contributed by atoms with van der Waals surface area (Å²) in [5.74, 6) is 0.109. The van der Waals surface area contributed by atoms with Crippen LogP contribution in [0.15, 0.2) is 24.3 Å². The zero-order valence-electron chi connectivity index (χ0n) is 10.0. The number of rotatable bonds is 6. The molecule has 0 fully saturated rings. The third-order valence-electron chi connectivity index (χ3n) is 2.10. The van der Waals surface area contributed by atoms with Gasteiger partial charge in [-0.1, -0.05) is 6.07 Å². The van der Waals surface area contributed by atoms with Crippen LogP contribution in [0.4, 0.5) is 5.69 Å². The van der Waals surface area contributed by atoms with Crippen LogP contribution < -0.4 is 10.5 Å². The smallest absolute Gasteiger partial charge is 0.344 e. The van der Waals surface area contributed by atoms with Gasteiger partial charge in [0.2, 0.25) is 0 Å². The number of ether oxygens (including phenoxy) is 3. The first kappa shape index (κ1) is 13.3. The number of hydrogen-bond acceptors (Lipinski definition) is 5. The highest BCUT2D eigenvalue weighted by Crippen LogP contribution is 2.14. The Morgan fingerprint density at radius 1 is 1.47 bits per heavy atom. The number of nitrogens with two attached hydrogens (primary N) is 1. The molecule has 0 aliphatic carbocycles. The highest BCUT2D eigenvalue weighted by atomic mass is 16.6. The van der Waals surface area contributed by atoms with Crippen molar-refractivity contribution >= 4 is 11.7 Å². The van der Waals surface area contributed by atoms with E-state index in [0.717, 1.165) is 0 Å². The van der Waals surface area contributed by atoms with Crippen LogP contribution >= 0.6 is 0 Å². The Labute approximate surface area is 100 Å². The highest BCUT2D eigenvalue weighted by molar-refractivity contribution is 5.71. The number of hydrogen-bond donors (Lipinski definition) is 1. The summed E-state index contributed by atoms with van der Waals surface area (Å²) in [5, 5.41) is 0. The molecule has 1 atom stereocenters. The summed E-state index contributed by atoms with van der Waals surface area (Å²) < 4.78 is 15.1. The lowest BCUT2D eigenvalue weighted by Gasteiger charge is -2.10. The summed E-state index contributed by atoms with van der Waals surface area (Å²) in [5.41, 5.74) is 6.16. The fourth-order valence-electron chi connectivity index (χ4n) is 1.07. The lowest BCUT2D eigenvalue weighted by atomic mass is 10.3. The first-order valence-corrected chi connectivity index (χ1v) is 5.28. The molecule has 0 aliphatic heterocycles. The van der Waals surface area contributed by atoms with Crippen molar-refractivity contribution in [3.05, 3.63) is 24.3 Å². The Bertz CT molecular complexity index is 367. The molecule has 0 spiro atoms. The molecular formula is C12H17NO4. The minimum atomic E-state index is -0.434. The summed E-state index contributed by atoms with van der Waals surface area (Å²) in [6.07, 6.45) is -0.119. The van der Waals surface area contributed by atoms with Crippen LogP contribution in [-0.2, 0) is 14.3 Å². The number of anilines is 1. The van der Waals surface area contributed by atoms with E-state index < -0.39 is 5.97 Å². The van der Waals surface area contributed by atoms with Crippen LogP contribution in [0.1, 0.15) is 6.92 Å². The second kappa shape index (κ2) is 6.75. The summed E-state index contributed by atoms with van der Waals surface area (Å²) in [6, 6.07) is 6.86.